The summed E-state index contributed by atoms with van der Waals surface area (Å²) >= 11 is 5.96. The Morgan fingerprint density at radius 3 is 2.26 bits per heavy atom. The van der Waals surface area contributed by atoms with Crippen LogP contribution < -0.4 is 5.73 Å². The van der Waals surface area contributed by atoms with E-state index in [1.54, 1.807) is 0 Å². The Morgan fingerprint density at radius 2 is 1.65 bits per heavy atom. The van der Waals surface area contributed by atoms with Gasteiger partial charge >= 0.3 is 0 Å². The van der Waals surface area contributed by atoms with E-state index >= 15 is 0 Å². The van der Waals surface area contributed by atoms with Crippen molar-refractivity contribution >= 4 is 17.5 Å². The van der Waals surface area contributed by atoms with Crippen LogP contribution in [0.15, 0.2) is 24.3 Å². The summed E-state index contributed by atoms with van der Waals surface area (Å²) in [7, 11) is 0. The van der Waals surface area contributed by atoms with Crippen molar-refractivity contribution in [2.24, 2.45) is 11.7 Å². The van der Waals surface area contributed by atoms with Crippen LogP contribution in [-0.2, 0) is 4.79 Å². The number of hydrogen-bond donors (Lipinski definition) is 1. The largest absolute Gasteiger partial charge is 0.341 e. The van der Waals surface area contributed by atoms with Gasteiger partial charge in [0.1, 0.15) is 0 Å². The number of likely N-dealkylation sites (tertiary alicyclic amines) is 1. The van der Waals surface area contributed by atoms with Gasteiger partial charge in [-0.2, -0.15) is 0 Å². The number of hydrogen-bond acceptors (Lipinski definition) is 2. The first-order valence-corrected chi connectivity index (χ1v) is 9.33. The number of halogens is 1. The highest BCUT2D eigenvalue weighted by molar-refractivity contribution is 6.30. The molecule has 23 heavy (non-hydrogen) atoms. The van der Waals surface area contributed by atoms with Crippen molar-refractivity contribution in [1.82, 2.24) is 4.90 Å². The maximum absolute atomic E-state index is 12.7. The molecule has 1 saturated heterocycles. The monoisotopic (exact) mass is 334 g/mol. The van der Waals surface area contributed by atoms with Crippen molar-refractivity contribution in [3.63, 3.8) is 0 Å². The molecule has 1 aliphatic heterocycles. The van der Waals surface area contributed by atoms with Crippen LogP contribution in [0.1, 0.15) is 56.4 Å². The fraction of sp³-hybridized carbons (Fsp3) is 0.632. The minimum atomic E-state index is -0.289. The molecule has 0 aromatic heterocycles. The zero-order valence-electron chi connectivity index (χ0n) is 13.7. The Balaban J connectivity index is 1.53. The lowest BCUT2D eigenvalue weighted by Gasteiger charge is -2.36. The number of nitrogens with zero attached hydrogens (tertiary/aromatic N) is 1. The van der Waals surface area contributed by atoms with Gasteiger partial charge in [-0.25, -0.2) is 0 Å². The van der Waals surface area contributed by atoms with E-state index in [1.807, 2.05) is 17.0 Å². The number of nitrogens with two attached hydrogens (primary N) is 1. The van der Waals surface area contributed by atoms with Gasteiger partial charge in [0.05, 0.1) is 6.04 Å². The van der Waals surface area contributed by atoms with E-state index in [2.05, 4.69) is 12.1 Å². The van der Waals surface area contributed by atoms with Gasteiger partial charge in [-0.3, -0.25) is 4.79 Å². The molecule has 0 spiro atoms. The average molecular weight is 335 g/mol. The van der Waals surface area contributed by atoms with Crippen LogP contribution in [0, 0.1) is 5.92 Å². The summed E-state index contributed by atoms with van der Waals surface area (Å²) in [6.07, 6.45) is 8.02. The van der Waals surface area contributed by atoms with Gasteiger partial charge in [0, 0.05) is 18.1 Å². The molecule has 2 aliphatic rings. The summed E-state index contributed by atoms with van der Waals surface area (Å²) < 4.78 is 0. The summed E-state index contributed by atoms with van der Waals surface area (Å²) in [6.45, 7) is 1.65. The molecule has 3 rings (SSSR count). The maximum atomic E-state index is 12.7. The Hall–Kier alpha value is -1.06. The van der Waals surface area contributed by atoms with Crippen LogP contribution in [-0.4, -0.2) is 29.9 Å². The molecule has 1 atom stereocenters. The molecule has 1 aromatic rings. The SMILES string of the molecule is NC(C(=O)N1CCC(c2ccc(Cl)cc2)CC1)C1CCCCC1. The third-order valence-electron chi connectivity index (χ3n) is 5.59. The number of piperidine rings is 1. The number of amides is 1. The van der Waals surface area contributed by atoms with Crippen molar-refractivity contribution in [2.75, 3.05) is 13.1 Å². The molecule has 0 bridgehead atoms. The van der Waals surface area contributed by atoms with Crippen LogP contribution in [0.2, 0.25) is 5.02 Å². The Morgan fingerprint density at radius 1 is 1.04 bits per heavy atom. The topological polar surface area (TPSA) is 46.3 Å². The van der Waals surface area contributed by atoms with Crippen LogP contribution >= 0.6 is 11.6 Å². The van der Waals surface area contributed by atoms with Crippen molar-refractivity contribution < 1.29 is 4.79 Å². The lowest BCUT2D eigenvalue weighted by molar-refractivity contribution is -0.135. The quantitative estimate of drug-likeness (QED) is 0.909. The molecule has 1 amide bonds. The molecule has 1 heterocycles. The summed E-state index contributed by atoms with van der Waals surface area (Å²) in [6, 6.07) is 7.83. The molecule has 3 nitrogen and oxygen atoms in total. The maximum Gasteiger partial charge on any atom is 0.239 e. The zero-order chi connectivity index (χ0) is 16.2. The molecule has 1 aromatic carbocycles. The molecule has 126 valence electrons. The van der Waals surface area contributed by atoms with Crippen LogP contribution in [0.4, 0.5) is 0 Å². The van der Waals surface area contributed by atoms with Gasteiger partial charge in [-0.05, 0) is 55.2 Å². The minimum Gasteiger partial charge on any atom is -0.341 e. The fourth-order valence-electron chi connectivity index (χ4n) is 4.07. The number of rotatable bonds is 3. The minimum absolute atomic E-state index is 0.173. The third kappa shape index (κ3) is 4.07. The second-order valence-electron chi connectivity index (χ2n) is 7.07. The number of carbonyl (C=O) groups is 1. The first-order chi connectivity index (χ1) is 11.1. The van der Waals surface area contributed by atoms with Crippen molar-refractivity contribution in [3.8, 4) is 0 Å². The molecular weight excluding hydrogens is 308 g/mol. The molecule has 1 saturated carbocycles. The van der Waals surface area contributed by atoms with E-state index in [4.69, 9.17) is 17.3 Å². The molecule has 1 unspecified atom stereocenters. The molecular formula is C19H27ClN2O. The van der Waals surface area contributed by atoms with E-state index in [-0.39, 0.29) is 11.9 Å². The number of carbonyl (C=O) groups excluding carboxylic acids is 1. The van der Waals surface area contributed by atoms with Crippen LogP contribution in [0.3, 0.4) is 0 Å². The Kier molecular flexibility index (Phi) is 5.60. The van der Waals surface area contributed by atoms with Crippen molar-refractivity contribution in [3.05, 3.63) is 34.9 Å². The van der Waals surface area contributed by atoms with Gasteiger partial charge in [0.15, 0.2) is 0 Å². The smallest absolute Gasteiger partial charge is 0.239 e. The van der Waals surface area contributed by atoms with Gasteiger partial charge in [-0.1, -0.05) is 43.0 Å². The van der Waals surface area contributed by atoms with Gasteiger partial charge in [0.25, 0.3) is 0 Å². The lowest BCUT2D eigenvalue weighted by atomic mass is 9.83. The molecule has 0 radical (unpaired) electrons. The van der Waals surface area contributed by atoms with E-state index in [0.29, 0.717) is 11.8 Å². The second-order valence-corrected chi connectivity index (χ2v) is 7.51. The van der Waals surface area contributed by atoms with E-state index in [1.165, 1.54) is 24.8 Å². The highest BCUT2D eigenvalue weighted by atomic mass is 35.5. The zero-order valence-corrected chi connectivity index (χ0v) is 14.5. The molecule has 4 heteroatoms. The summed E-state index contributed by atoms with van der Waals surface area (Å²) in [5, 5.41) is 0.778. The Labute approximate surface area is 144 Å². The fourth-order valence-corrected chi connectivity index (χ4v) is 4.20. The second kappa shape index (κ2) is 7.67. The first kappa shape index (κ1) is 16.8. The van der Waals surface area contributed by atoms with Crippen molar-refractivity contribution in [2.45, 2.75) is 56.9 Å². The Bertz CT molecular complexity index is 517. The van der Waals surface area contributed by atoms with E-state index in [0.717, 1.165) is 43.8 Å². The predicted octanol–water partition coefficient (Wildman–Crippen LogP) is 3.95. The van der Waals surface area contributed by atoms with Gasteiger partial charge in [-0.15, -0.1) is 0 Å². The van der Waals surface area contributed by atoms with E-state index < -0.39 is 0 Å². The predicted molar refractivity (Wildman–Crippen MR) is 94.6 cm³/mol. The van der Waals surface area contributed by atoms with Crippen molar-refractivity contribution in [1.29, 1.82) is 0 Å². The number of benzene rings is 1. The third-order valence-corrected chi connectivity index (χ3v) is 5.84. The summed E-state index contributed by atoms with van der Waals surface area (Å²) in [5.74, 6) is 1.10. The van der Waals surface area contributed by atoms with Crippen LogP contribution in [0.25, 0.3) is 0 Å². The van der Waals surface area contributed by atoms with Crippen LogP contribution in [0.5, 0.6) is 0 Å². The normalized spacial score (nSPS) is 22.1. The van der Waals surface area contributed by atoms with E-state index in [9.17, 15) is 4.79 Å². The molecule has 1 aliphatic carbocycles. The van der Waals surface area contributed by atoms with Gasteiger partial charge < -0.3 is 10.6 Å². The average Bonchev–Trinajstić information content (AvgIpc) is 2.62. The van der Waals surface area contributed by atoms with Gasteiger partial charge in [0.2, 0.25) is 5.91 Å². The highest BCUT2D eigenvalue weighted by Gasteiger charge is 2.31. The lowest BCUT2D eigenvalue weighted by Crippen LogP contribution is -2.50. The summed E-state index contributed by atoms with van der Waals surface area (Å²) in [4.78, 5) is 14.7. The molecule has 2 fully saturated rings. The summed E-state index contributed by atoms with van der Waals surface area (Å²) in [5.41, 5.74) is 7.61. The molecule has 2 N–H and O–H groups in total. The standard InChI is InChI=1S/C19H27ClN2O/c20-17-8-6-14(7-9-17)15-10-12-22(13-11-15)19(23)18(21)16-4-2-1-3-5-16/h6-9,15-16,18H,1-5,10-13,21H2. The highest BCUT2D eigenvalue weighted by Crippen LogP contribution is 2.31. The first-order valence-electron chi connectivity index (χ1n) is 8.95.